The maximum atomic E-state index is 13.3. The van der Waals surface area contributed by atoms with Crippen LogP contribution in [0.1, 0.15) is 81.4 Å². The molecule has 0 saturated heterocycles. The van der Waals surface area contributed by atoms with Gasteiger partial charge in [0.1, 0.15) is 19.4 Å². The number of pyridine rings is 2. The number of hydrogen-bond donors (Lipinski definition) is 2. The van der Waals surface area contributed by atoms with Crippen LogP contribution in [0.25, 0.3) is 20.4 Å². The van der Waals surface area contributed by atoms with Crippen LogP contribution < -0.4 is 11.5 Å². The largest absolute Gasteiger partial charge is 0.397 e. The van der Waals surface area contributed by atoms with Crippen molar-refractivity contribution in [3.8, 4) is 0 Å². The molecule has 0 spiro atoms. The predicted molar refractivity (Wildman–Crippen MR) is 159 cm³/mol. The number of benzene rings is 1. The Labute approximate surface area is 229 Å². The average Bonchev–Trinajstić information content (AvgIpc) is 3.45. The number of carbonyl (C=O) groups excluding carboxylic acids is 2. The first-order valence-electron chi connectivity index (χ1n) is 13.0. The quantitative estimate of drug-likeness (QED) is 0.180. The van der Waals surface area contributed by atoms with Crippen molar-refractivity contribution >= 4 is 66.0 Å². The molecule has 0 aliphatic rings. The van der Waals surface area contributed by atoms with Gasteiger partial charge >= 0.3 is 0 Å². The number of nitrogens with zero attached hydrogens (tertiary/aromatic N) is 2. The van der Waals surface area contributed by atoms with Gasteiger partial charge in [-0.25, -0.2) is 9.97 Å². The van der Waals surface area contributed by atoms with Crippen LogP contribution in [0.4, 0.5) is 11.4 Å². The summed E-state index contributed by atoms with van der Waals surface area (Å²) < 4.78 is 0. The Morgan fingerprint density at radius 3 is 1.42 bits per heavy atom. The molecule has 5 aromatic rings. The second-order valence-electron chi connectivity index (χ2n) is 9.44. The van der Waals surface area contributed by atoms with Gasteiger partial charge in [0, 0.05) is 33.3 Å². The van der Waals surface area contributed by atoms with E-state index in [-0.39, 0.29) is 11.6 Å². The van der Waals surface area contributed by atoms with Gasteiger partial charge in [-0.3, -0.25) is 9.59 Å². The van der Waals surface area contributed by atoms with E-state index >= 15 is 0 Å². The number of fused-ring (bicyclic) bond motifs is 2. The van der Waals surface area contributed by atoms with Crippen LogP contribution >= 0.6 is 22.7 Å². The number of nitrogens with two attached hydrogens (primary N) is 2. The maximum Gasteiger partial charge on any atom is 0.205 e. The second-order valence-corrected chi connectivity index (χ2v) is 11.4. The average molecular weight is 543 g/mol. The van der Waals surface area contributed by atoms with Crippen LogP contribution in [-0.4, -0.2) is 21.5 Å². The van der Waals surface area contributed by atoms with E-state index in [0.29, 0.717) is 32.3 Å². The number of thiophene rings is 2. The SMILES string of the molecule is CCCCc1ccc2c(N)c(C(=O)c3ccc(C(=O)c4sc5nc(CCCC)ccc5c4N)cc3)sc2n1. The molecule has 1 aromatic carbocycles. The Balaban J connectivity index is 1.38. The lowest BCUT2D eigenvalue weighted by molar-refractivity contribution is 0.103. The van der Waals surface area contributed by atoms with E-state index in [1.807, 2.05) is 24.3 Å². The van der Waals surface area contributed by atoms with Crippen molar-refractivity contribution in [1.82, 2.24) is 9.97 Å². The van der Waals surface area contributed by atoms with Gasteiger partial charge < -0.3 is 11.5 Å². The molecule has 194 valence electrons. The molecular weight excluding hydrogens is 512 g/mol. The Bertz CT molecular complexity index is 1530. The molecular formula is C30H30N4O2S2. The van der Waals surface area contributed by atoms with Crippen molar-refractivity contribution in [2.75, 3.05) is 11.5 Å². The van der Waals surface area contributed by atoms with Gasteiger partial charge in [-0.1, -0.05) is 51.0 Å². The summed E-state index contributed by atoms with van der Waals surface area (Å²) in [5.41, 5.74) is 16.6. The fraction of sp³-hybridized carbons (Fsp3) is 0.267. The van der Waals surface area contributed by atoms with Gasteiger partial charge in [0.25, 0.3) is 0 Å². The first-order chi connectivity index (χ1) is 18.4. The van der Waals surface area contributed by atoms with Gasteiger partial charge in [0.05, 0.1) is 11.4 Å². The molecule has 5 rings (SSSR count). The van der Waals surface area contributed by atoms with E-state index in [1.54, 1.807) is 24.3 Å². The fourth-order valence-corrected chi connectivity index (χ4v) is 6.59. The minimum absolute atomic E-state index is 0.176. The number of carbonyl (C=O) groups is 2. The predicted octanol–water partition coefficient (Wildman–Crippen LogP) is 7.22. The summed E-state index contributed by atoms with van der Waals surface area (Å²) in [5.74, 6) is -0.352. The highest BCUT2D eigenvalue weighted by atomic mass is 32.1. The molecule has 0 amide bonds. The van der Waals surface area contributed by atoms with Crippen LogP contribution in [0.3, 0.4) is 0 Å². The van der Waals surface area contributed by atoms with Crippen LogP contribution in [0.2, 0.25) is 0 Å². The molecule has 0 aliphatic carbocycles. The summed E-state index contributed by atoms with van der Waals surface area (Å²) >= 11 is 2.64. The zero-order chi connectivity index (χ0) is 26.8. The topological polar surface area (TPSA) is 112 Å². The van der Waals surface area contributed by atoms with E-state index in [2.05, 4.69) is 13.8 Å². The summed E-state index contributed by atoms with van der Waals surface area (Å²) in [6, 6.07) is 14.6. The van der Waals surface area contributed by atoms with Gasteiger partial charge in [0.2, 0.25) is 11.6 Å². The van der Waals surface area contributed by atoms with Crippen molar-refractivity contribution in [3.05, 3.63) is 80.8 Å². The molecule has 4 N–H and O–H groups in total. The molecule has 8 heteroatoms. The smallest absolute Gasteiger partial charge is 0.205 e. The number of anilines is 2. The molecule has 0 aliphatic heterocycles. The van der Waals surface area contributed by atoms with Gasteiger partial charge in [-0.2, -0.15) is 0 Å². The standard InChI is InChI=1S/C30H30N4O2S2/c1-3-5-7-19-13-15-21-23(31)27(37-29(21)33-19)25(35)17-9-11-18(12-10-17)26(36)28-24(32)22-16-14-20(8-6-4-2)34-30(22)38-28/h9-16H,3-8,31-32H2,1-2H3. The minimum atomic E-state index is -0.176. The number of rotatable bonds is 10. The van der Waals surface area contributed by atoms with Gasteiger partial charge in [0.15, 0.2) is 0 Å². The van der Waals surface area contributed by atoms with Crippen molar-refractivity contribution < 1.29 is 9.59 Å². The van der Waals surface area contributed by atoms with Crippen molar-refractivity contribution in [2.45, 2.75) is 52.4 Å². The summed E-state index contributed by atoms with van der Waals surface area (Å²) in [5, 5.41) is 1.61. The highest BCUT2D eigenvalue weighted by Gasteiger charge is 2.22. The third-order valence-corrected chi connectivity index (χ3v) is 8.93. The van der Waals surface area contributed by atoms with Crippen molar-refractivity contribution in [2.24, 2.45) is 0 Å². The molecule has 0 fully saturated rings. The minimum Gasteiger partial charge on any atom is -0.397 e. The summed E-state index contributed by atoms with van der Waals surface area (Å²) in [7, 11) is 0. The molecule has 0 saturated carbocycles. The molecule has 0 radical (unpaired) electrons. The highest BCUT2D eigenvalue weighted by Crippen LogP contribution is 2.36. The Morgan fingerprint density at radius 2 is 1.05 bits per heavy atom. The molecule has 38 heavy (non-hydrogen) atoms. The van der Waals surface area contributed by atoms with E-state index in [4.69, 9.17) is 21.4 Å². The van der Waals surface area contributed by atoms with Crippen molar-refractivity contribution in [3.63, 3.8) is 0 Å². The number of nitrogen functional groups attached to an aromatic ring is 2. The van der Waals surface area contributed by atoms with E-state index < -0.39 is 0 Å². The molecule has 6 nitrogen and oxygen atoms in total. The first kappa shape index (κ1) is 26.0. The zero-order valence-electron chi connectivity index (χ0n) is 21.5. The Hall–Kier alpha value is -3.62. The van der Waals surface area contributed by atoms with Gasteiger partial charge in [-0.05, 0) is 49.9 Å². The fourth-order valence-electron chi connectivity index (χ4n) is 4.44. The van der Waals surface area contributed by atoms with E-state index in [1.165, 1.54) is 22.7 Å². The van der Waals surface area contributed by atoms with Crippen LogP contribution in [0, 0.1) is 0 Å². The van der Waals surface area contributed by atoms with E-state index in [0.717, 1.165) is 70.3 Å². The van der Waals surface area contributed by atoms with E-state index in [9.17, 15) is 9.59 Å². The molecule has 0 unspecified atom stereocenters. The molecule has 4 aromatic heterocycles. The lowest BCUT2D eigenvalue weighted by Crippen LogP contribution is -2.05. The van der Waals surface area contributed by atoms with Crippen LogP contribution in [0.15, 0.2) is 48.5 Å². The molecule has 0 atom stereocenters. The summed E-state index contributed by atoms with van der Waals surface area (Å²) in [4.78, 5) is 38.5. The van der Waals surface area contributed by atoms with Crippen LogP contribution in [0.5, 0.6) is 0 Å². The summed E-state index contributed by atoms with van der Waals surface area (Å²) in [6.07, 6.45) is 6.15. The highest BCUT2D eigenvalue weighted by molar-refractivity contribution is 7.21. The zero-order valence-corrected chi connectivity index (χ0v) is 23.2. The van der Waals surface area contributed by atoms with Crippen LogP contribution in [-0.2, 0) is 12.8 Å². The monoisotopic (exact) mass is 542 g/mol. The second kappa shape index (κ2) is 11.0. The first-order valence-corrected chi connectivity index (χ1v) is 14.6. The lowest BCUT2D eigenvalue weighted by Gasteiger charge is -2.03. The number of unbranched alkanes of at least 4 members (excludes halogenated alkanes) is 2. The molecule has 4 heterocycles. The third kappa shape index (κ3) is 4.93. The number of ketones is 2. The lowest BCUT2D eigenvalue weighted by atomic mass is 10.0. The van der Waals surface area contributed by atoms with Crippen molar-refractivity contribution in [1.29, 1.82) is 0 Å². The normalized spacial score (nSPS) is 11.4. The Morgan fingerprint density at radius 1 is 0.658 bits per heavy atom. The summed E-state index contributed by atoms with van der Waals surface area (Å²) in [6.45, 7) is 4.30. The third-order valence-electron chi connectivity index (χ3n) is 6.70. The number of aryl methyl sites for hydroxylation is 2. The number of hydrogen-bond acceptors (Lipinski definition) is 8. The number of aromatic nitrogens is 2. The maximum absolute atomic E-state index is 13.3. The molecule has 0 bridgehead atoms. The van der Waals surface area contributed by atoms with Gasteiger partial charge in [-0.15, -0.1) is 22.7 Å². The Kier molecular flexibility index (Phi) is 7.53.